The van der Waals surface area contributed by atoms with E-state index in [1.165, 1.54) is 16.5 Å². The summed E-state index contributed by atoms with van der Waals surface area (Å²) in [5.74, 6) is 0. The second-order valence-corrected chi connectivity index (χ2v) is 4.41. The molecule has 0 unspecified atom stereocenters. The number of aromatic nitrogens is 1. The second kappa shape index (κ2) is 5.28. The number of nitrogens with zero attached hydrogens (tertiary/aromatic N) is 1. The van der Waals surface area contributed by atoms with E-state index in [-0.39, 0.29) is 0 Å². The molecule has 1 N–H and O–H groups in total. The summed E-state index contributed by atoms with van der Waals surface area (Å²) in [4.78, 5) is 4.59. The molecule has 0 spiro atoms. The standard InChI is InChI=1S/C15H20N2/c1-4-12-6-7-15-14(9-12)13(10-16-5-2)8-11(3)17-15/h6-9,16H,4-5,10H2,1-3H3. The van der Waals surface area contributed by atoms with E-state index in [1.54, 1.807) is 0 Å². The summed E-state index contributed by atoms with van der Waals surface area (Å²) in [5.41, 5.74) is 4.93. The van der Waals surface area contributed by atoms with Crippen LogP contribution in [0.3, 0.4) is 0 Å². The number of aryl methyl sites for hydroxylation is 2. The van der Waals surface area contributed by atoms with Gasteiger partial charge < -0.3 is 5.32 Å². The van der Waals surface area contributed by atoms with Crippen LogP contribution in [0.25, 0.3) is 10.9 Å². The van der Waals surface area contributed by atoms with Crippen molar-refractivity contribution in [2.24, 2.45) is 0 Å². The lowest BCUT2D eigenvalue weighted by Crippen LogP contribution is -2.12. The summed E-state index contributed by atoms with van der Waals surface area (Å²) < 4.78 is 0. The van der Waals surface area contributed by atoms with Crippen molar-refractivity contribution in [1.29, 1.82) is 0 Å². The van der Waals surface area contributed by atoms with E-state index in [9.17, 15) is 0 Å². The van der Waals surface area contributed by atoms with Crippen LogP contribution >= 0.6 is 0 Å². The van der Waals surface area contributed by atoms with Gasteiger partial charge in [-0.2, -0.15) is 0 Å². The Labute approximate surface area is 103 Å². The van der Waals surface area contributed by atoms with Crippen molar-refractivity contribution in [2.45, 2.75) is 33.7 Å². The highest BCUT2D eigenvalue weighted by Gasteiger charge is 2.04. The maximum Gasteiger partial charge on any atom is 0.0708 e. The van der Waals surface area contributed by atoms with Gasteiger partial charge in [-0.1, -0.05) is 19.9 Å². The van der Waals surface area contributed by atoms with Gasteiger partial charge in [0, 0.05) is 17.6 Å². The molecule has 1 aromatic heterocycles. The fourth-order valence-corrected chi connectivity index (χ4v) is 2.12. The molecule has 0 saturated heterocycles. The molecule has 1 aromatic carbocycles. The van der Waals surface area contributed by atoms with Gasteiger partial charge in [0.15, 0.2) is 0 Å². The zero-order valence-corrected chi connectivity index (χ0v) is 10.9. The molecule has 2 heteroatoms. The van der Waals surface area contributed by atoms with Crippen molar-refractivity contribution in [3.05, 3.63) is 41.1 Å². The Morgan fingerprint density at radius 1 is 1.18 bits per heavy atom. The molecule has 0 saturated carbocycles. The van der Waals surface area contributed by atoms with Crippen molar-refractivity contribution >= 4 is 10.9 Å². The van der Waals surface area contributed by atoms with Gasteiger partial charge in [-0.05, 0) is 49.2 Å². The van der Waals surface area contributed by atoms with Gasteiger partial charge in [0.1, 0.15) is 0 Å². The van der Waals surface area contributed by atoms with Crippen LogP contribution in [-0.4, -0.2) is 11.5 Å². The molecule has 0 aliphatic carbocycles. The Kier molecular flexibility index (Phi) is 3.75. The number of nitrogens with one attached hydrogen (secondary N) is 1. The quantitative estimate of drug-likeness (QED) is 0.869. The van der Waals surface area contributed by atoms with Crippen molar-refractivity contribution in [3.8, 4) is 0 Å². The second-order valence-electron chi connectivity index (χ2n) is 4.41. The number of rotatable bonds is 4. The van der Waals surface area contributed by atoms with Crippen molar-refractivity contribution in [2.75, 3.05) is 6.54 Å². The highest BCUT2D eigenvalue weighted by atomic mass is 14.8. The van der Waals surface area contributed by atoms with Gasteiger partial charge >= 0.3 is 0 Å². The van der Waals surface area contributed by atoms with E-state index in [2.05, 4.69) is 55.3 Å². The first kappa shape index (κ1) is 12.1. The Hall–Kier alpha value is -1.41. The van der Waals surface area contributed by atoms with Crippen molar-refractivity contribution in [3.63, 3.8) is 0 Å². The maximum atomic E-state index is 4.59. The van der Waals surface area contributed by atoms with Gasteiger partial charge in [0.2, 0.25) is 0 Å². The molecule has 0 aliphatic heterocycles. The first-order valence-corrected chi connectivity index (χ1v) is 6.34. The minimum atomic E-state index is 0.920. The number of hydrogen-bond donors (Lipinski definition) is 1. The van der Waals surface area contributed by atoms with Crippen LogP contribution in [0.1, 0.15) is 30.7 Å². The third-order valence-corrected chi connectivity index (χ3v) is 3.06. The van der Waals surface area contributed by atoms with E-state index >= 15 is 0 Å². The molecule has 0 bridgehead atoms. The van der Waals surface area contributed by atoms with Crippen LogP contribution < -0.4 is 5.32 Å². The first-order chi connectivity index (χ1) is 8.24. The lowest BCUT2D eigenvalue weighted by atomic mass is 10.0. The van der Waals surface area contributed by atoms with Crippen molar-refractivity contribution in [1.82, 2.24) is 10.3 Å². The zero-order valence-electron chi connectivity index (χ0n) is 10.9. The van der Waals surface area contributed by atoms with E-state index in [0.717, 1.165) is 30.7 Å². The zero-order chi connectivity index (χ0) is 12.3. The van der Waals surface area contributed by atoms with Gasteiger partial charge in [0.05, 0.1) is 5.52 Å². The van der Waals surface area contributed by atoms with E-state index in [1.807, 2.05) is 0 Å². The molecule has 0 fully saturated rings. The van der Waals surface area contributed by atoms with Crippen molar-refractivity contribution < 1.29 is 0 Å². The third kappa shape index (κ3) is 2.64. The van der Waals surface area contributed by atoms with Crippen LogP contribution in [0.15, 0.2) is 24.3 Å². The molecule has 0 aliphatic rings. The molecule has 0 amide bonds. The predicted molar refractivity (Wildman–Crippen MR) is 73.2 cm³/mol. The lowest BCUT2D eigenvalue weighted by Gasteiger charge is -2.09. The topological polar surface area (TPSA) is 24.9 Å². The molecule has 2 rings (SSSR count). The molecular formula is C15H20N2. The number of fused-ring (bicyclic) bond motifs is 1. The first-order valence-electron chi connectivity index (χ1n) is 6.34. The van der Waals surface area contributed by atoms with Crippen LogP contribution in [0.4, 0.5) is 0 Å². The molecule has 2 nitrogen and oxygen atoms in total. The molecule has 0 atom stereocenters. The fraction of sp³-hybridized carbons (Fsp3) is 0.400. The Bertz CT molecular complexity index is 518. The minimum Gasteiger partial charge on any atom is -0.313 e. The molecule has 90 valence electrons. The van der Waals surface area contributed by atoms with Crippen LogP contribution in [0.5, 0.6) is 0 Å². The summed E-state index contributed by atoms with van der Waals surface area (Å²) in [7, 11) is 0. The minimum absolute atomic E-state index is 0.920. The van der Waals surface area contributed by atoms with E-state index in [4.69, 9.17) is 0 Å². The summed E-state index contributed by atoms with van der Waals surface area (Å²) in [6.45, 7) is 8.29. The molecule has 0 radical (unpaired) electrons. The molecule has 2 aromatic rings. The summed E-state index contributed by atoms with van der Waals surface area (Å²) >= 11 is 0. The molecule has 17 heavy (non-hydrogen) atoms. The highest BCUT2D eigenvalue weighted by molar-refractivity contribution is 5.83. The highest BCUT2D eigenvalue weighted by Crippen LogP contribution is 2.20. The summed E-state index contributed by atoms with van der Waals surface area (Å²) in [6, 6.07) is 8.77. The SMILES string of the molecule is CCNCc1cc(C)nc2ccc(CC)cc12. The molecule has 1 heterocycles. The summed E-state index contributed by atoms with van der Waals surface area (Å²) in [6.07, 6.45) is 1.07. The Balaban J connectivity index is 2.53. The van der Waals surface area contributed by atoms with Crippen LogP contribution in [0, 0.1) is 6.92 Å². The Morgan fingerprint density at radius 2 is 2.00 bits per heavy atom. The van der Waals surface area contributed by atoms with Crippen LogP contribution in [-0.2, 0) is 13.0 Å². The average Bonchev–Trinajstić information content (AvgIpc) is 2.35. The third-order valence-electron chi connectivity index (χ3n) is 3.06. The monoisotopic (exact) mass is 228 g/mol. The fourth-order valence-electron chi connectivity index (χ4n) is 2.12. The molecular weight excluding hydrogens is 208 g/mol. The van der Waals surface area contributed by atoms with E-state index < -0.39 is 0 Å². The number of pyridine rings is 1. The van der Waals surface area contributed by atoms with Gasteiger partial charge in [-0.15, -0.1) is 0 Å². The predicted octanol–water partition coefficient (Wildman–Crippen LogP) is 3.22. The Morgan fingerprint density at radius 3 is 2.71 bits per heavy atom. The van der Waals surface area contributed by atoms with Gasteiger partial charge in [-0.25, -0.2) is 0 Å². The average molecular weight is 228 g/mol. The maximum absolute atomic E-state index is 4.59. The summed E-state index contributed by atoms with van der Waals surface area (Å²) in [5, 5.41) is 4.68. The van der Waals surface area contributed by atoms with Crippen LogP contribution in [0.2, 0.25) is 0 Å². The lowest BCUT2D eigenvalue weighted by molar-refractivity contribution is 0.729. The van der Waals surface area contributed by atoms with Gasteiger partial charge in [0.25, 0.3) is 0 Å². The largest absolute Gasteiger partial charge is 0.313 e. The smallest absolute Gasteiger partial charge is 0.0708 e. The number of hydrogen-bond acceptors (Lipinski definition) is 2. The number of benzene rings is 1. The van der Waals surface area contributed by atoms with Gasteiger partial charge in [-0.3, -0.25) is 4.98 Å². The normalized spacial score (nSPS) is 11.0. The van der Waals surface area contributed by atoms with E-state index in [0.29, 0.717) is 0 Å².